The summed E-state index contributed by atoms with van der Waals surface area (Å²) in [6.45, 7) is 1.81. The van der Waals surface area contributed by atoms with Crippen molar-refractivity contribution < 1.29 is 31.9 Å². The minimum Gasteiger partial charge on any atom is -0.335 e. The van der Waals surface area contributed by atoms with E-state index in [2.05, 4.69) is 10.1 Å². The number of nitrogens with zero attached hydrogens (tertiary/aromatic N) is 4. The van der Waals surface area contributed by atoms with Gasteiger partial charge in [-0.3, -0.25) is 0 Å². The van der Waals surface area contributed by atoms with Crippen LogP contribution in [0.1, 0.15) is 17.0 Å². The van der Waals surface area contributed by atoms with Crippen LogP contribution in [0.4, 0.5) is 23.7 Å². The largest absolute Gasteiger partial charge is 0.506 e. The highest BCUT2D eigenvalue weighted by molar-refractivity contribution is 8.04. The van der Waals surface area contributed by atoms with Crippen LogP contribution >= 0.6 is 11.8 Å². The fourth-order valence-electron chi connectivity index (χ4n) is 3.67. The molecule has 0 bridgehead atoms. The van der Waals surface area contributed by atoms with Gasteiger partial charge in [0, 0.05) is 5.56 Å². The maximum absolute atomic E-state index is 13.3. The van der Waals surface area contributed by atoms with E-state index in [1.54, 1.807) is 23.6 Å². The van der Waals surface area contributed by atoms with Gasteiger partial charge in [0.15, 0.2) is 11.8 Å². The molecule has 0 N–H and O–H groups in total. The van der Waals surface area contributed by atoms with Gasteiger partial charge in [-0.25, -0.2) is 4.79 Å². The first kappa shape index (κ1) is 22.1. The van der Waals surface area contributed by atoms with Gasteiger partial charge in [0.1, 0.15) is 11.4 Å². The molecule has 0 saturated heterocycles. The van der Waals surface area contributed by atoms with E-state index in [0.29, 0.717) is 17.0 Å². The monoisotopic (exact) mass is 485 g/mol. The predicted octanol–water partition coefficient (Wildman–Crippen LogP) is 4.81. The molecular formula is C23H16F3N4O3S+. The molecule has 2 aliphatic rings. The third-order valence-electron chi connectivity index (χ3n) is 5.42. The lowest BCUT2D eigenvalue weighted by molar-refractivity contribution is -0.448. The number of anilines is 1. The lowest BCUT2D eigenvalue weighted by atomic mass is 10.1. The molecule has 0 aliphatic carbocycles. The lowest BCUT2D eigenvalue weighted by Crippen LogP contribution is -2.55. The minimum absolute atomic E-state index is 0.0815. The quantitative estimate of drug-likeness (QED) is 0.494. The predicted molar refractivity (Wildman–Crippen MR) is 118 cm³/mol. The number of urea groups is 1. The molecule has 34 heavy (non-hydrogen) atoms. The number of halogens is 3. The summed E-state index contributed by atoms with van der Waals surface area (Å²) < 4.78 is 45.1. The highest BCUT2D eigenvalue weighted by Gasteiger charge is 2.50. The average molecular weight is 485 g/mol. The molecule has 7 nitrogen and oxygen atoms in total. The summed E-state index contributed by atoms with van der Waals surface area (Å²) in [5.41, 5.74) is 1.51. The third kappa shape index (κ3) is 3.92. The summed E-state index contributed by atoms with van der Waals surface area (Å²) in [4.78, 5) is 31.8. The Morgan fingerprint density at radius 2 is 1.79 bits per heavy atom. The summed E-state index contributed by atoms with van der Waals surface area (Å²) in [6, 6.07) is 10.9. The normalized spacial score (nSPS) is 18.1. The van der Waals surface area contributed by atoms with E-state index >= 15 is 0 Å². The summed E-state index contributed by atoms with van der Waals surface area (Å²) in [5.74, 6) is -0.165. The molecule has 172 valence electrons. The van der Waals surface area contributed by atoms with Crippen LogP contribution < -0.4 is 4.90 Å². The van der Waals surface area contributed by atoms with Gasteiger partial charge in [0.05, 0.1) is 5.56 Å². The van der Waals surface area contributed by atoms with Crippen molar-refractivity contribution in [2.75, 3.05) is 4.90 Å². The zero-order chi connectivity index (χ0) is 24.0. The van der Waals surface area contributed by atoms with Crippen molar-refractivity contribution in [3.8, 4) is 11.4 Å². The number of hydrogen-bond donors (Lipinski definition) is 0. The number of alkyl halides is 3. The third-order valence-corrected chi connectivity index (χ3v) is 6.43. The molecule has 1 atom stereocenters. The first-order valence-corrected chi connectivity index (χ1v) is 11.1. The Morgan fingerprint density at radius 3 is 2.47 bits per heavy atom. The molecule has 1 unspecified atom stereocenters. The van der Waals surface area contributed by atoms with Gasteiger partial charge in [0.25, 0.3) is 5.89 Å². The molecule has 3 heterocycles. The number of amides is 3. The van der Waals surface area contributed by atoms with Gasteiger partial charge >= 0.3 is 18.1 Å². The van der Waals surface area contributed by atoms with Crippen molar-refractivity contribution in [2.45, 2.75) is 24.9 Å². The number of aromatic nitrogens is 2. The van der Waals surface area contributed by atoms with Crippen LogP contribution in [0, 0.1) is 6.92 Å². The number of hydrogen-bond acceptors (Lipinski definition) is 6. The highest BCUT2D eigenvalue weighted by atomic mass is 32.2. The van der Waals surface area contributed by atoms with Gasteiger partial charge < -0.3 is 4.52 Å². The standard InChI is InChI=1S/C23H16F3N4O3S/c1-13-2-8-16(9-3-13)30-21(31)19-17(10-11-34-19)29(22(30)32)12-18-27-20(28-33-18)14-4-6-15(7-5-14)23(24,25)26/h2-11,19H,12H2,1H3/q+1. The Morgan fingerprint density at radius 1 is 1.09 bits per heavy atom. The summed E-state index contributed by atoms with van der Waals surface area (Å²) in [6.07, 6.45) is -2.75. The van der Waals surface area contributed by atoms with Crippen LogP contribution in [0.5, 0.6) is 0 Å². The van der Waals surface area contributed by atoms with Crippen molar-refractivity contribution in [3.05, 3.63) is 77.0 Å². The number of allylic oxidation sites excluding steroid dienone is 1. The number of aryl methyl sites for hydroxylation is 1. The van der Waals surface area contributed by atoms with Crippen LogP contribution in [-0.4, -0.2) is 37.6 Å². The molecule has 11 heteroatoms. The second-order valence-electron chi connectivity index (χ2n) is 7.71. The number of carbonyl (C=O) groups is 2. The fourth-order valence-corrected chi connectivity index (χ4v) is 4.62. The van der Waals surface area contributed by atoms with E-state index in [1.165, 1.54) is 28.5 Å². The second-order valence-corrected chi connectivity index (χ2v) is 8.72. The number of thioether (sulfide) groups is 1. The number of carbonyl (C=O) groups excluding carboxylic acids is 2. The van der Waals surface area contributed by atoms with Crippen LogP contribution in [0.15, 0.2) is 64.5 Å². The SMILES string of the molecule is Cc1ccc(N2C(=O)C3SC=CC3=[N+](Cc3nc(-c4ccc(C(F)(F)F)cc4)no3)C2=O)cc1. The molecule has 5 rings (SSSR count). The van der Waals surface area contributed by atoms with Gasteiger partial charge in [0.2, 0.25) is 5.82 Å². The van der Waals surface area contributed by atoms with E-state index in [4.69, 9.17) is 4.52 Å². The number of fused-ring (bicyclic) bond motifs is 1. The van der Waals surface area contributed by atoms with Crippen molar-refractivity contribution in [3.63, 3.8) is 0 Å². The van der Waals surface area contributed by atoms with E-state index in [1.807, 2.05) is 19.1 Å². The van der Waals surface area contributed by atoms with Crippen LogP contribution in [0.3, 0.4) is 0 Å². The molecule has 2 aliphatic heterocycles. The van der Waals surface area contributed by atoms with E-state index in [0.717, 1.165) is 22.6 Å². The molecule has 3 amide bonds. The van der Waals surface area contributed by atoms with Crippen LogP contribution in [-0.2, 0) is 17.5 Å². The average Bonchev–Trinajstić information content (AvgIpc) is 3.48. The topological polar surface area (TPSA) is 79.3 Å². The summed E-state index contributed by atoms with van der Waals surface area (Å²) in [7, 11) is 0. The van der Waals surface area contributed by atoms with Gasteiger partial charge in [-0.1, -0.05) is 35.0 Å². The molecule has 3 aromatic rings. The zero-order valence-corrected chi connectivity index (χ0v) is 18.4. The summed E-state index contributed by atoms with van der Waals surface area (Å²) >= 11 is 1.30. The first-order valence-electron chi connectivity index (χ1n) is 10.1. The molecule has 0 fully saturated rings. The van der Waals surface area contributed by atoms with Gasteiger partial charge in [-0.15, -0.1) is 16.7 Å². The maximum atomic E-state index is 13.3. The first-order chi connectivity index (χ1) is 16.2. The number of benzene rings is 2. The van der Waals surface area contributed by atoms with Crippen molar-refractivity contribution in [1.82, 2.24) is 10.1 Å². The molecule has 0 saturated carbocycles. The summed E-state index contributed by atoms with van der Waals surface area (Å²) in [5, 5.41) is 5.00. The van der Waals surface area contributed by atoms with Gasteiger partial charge in [-0.05, 0) is 42.7 Å². The molecular weight excluding hydrogens is 469 g/mol. The number of imide groups is 1. The second kappa shape index (κ2) is 8.24. The van der Waals surface area contributed by atoms with Crippen molar-refractivity contribution >= 4 is 35.1 Å². The van der Waals surface area contributed by atoms with Crippen LogP contribution in [0.25, 0.3) is 11.4 Å². The van der Waals surface area contributed by atoms with Crippen molar-refractivity contribution in [2.24, 2.45) is 0 Å². The van der Waals surface area contributed by atoms with E-state index in [-0.39, 0.29) is 24.2 Å². The Labute approximate surface area is 195 Å². The molecule has 1 aromatic heterocycles. The minimum atomic E-state index is -4.45. The maximum Gasteiger partial charge on any atom is 0.506 e. The molecule has 2 aromatic carbocycles. The number of rotatable bonds is 4. The molecule has 0 spiro atoms. The van der Waals surface area contributed by atoms with Crippen molar-refractivity contribution in [1.29, 1.82) is 0 Å². The Balaban J connectivity index is 1.44. The smallest absolute Gasteiger partial charge is 0.335 e. The Kier molecular flexibility index (Phi) is 5.35. The lowest BCUT2D eigenvalue weighted by Gasteiger charge is -2.23. The fraction of sp³-hybridized carbons (Fsp3) is 0.174. The van der Waals surface area contributed by atoms with Gasteiger partial charge in [-0.2, -0.15) is 27.5 Å². The zero-order valence-electron chi connectivity index (χ0n) is 17.6. The highest BCUT2D eigenvalue weighted by Crippen LogP contribution is 2.32. The van der Waals surface area contributed by atoms with E-state index < -0.39 is 23.0 Å². The molecule has 0 radical (unpaired) electrons. The van der Waals surface area contributed by atoms with Crippen LogP contribution in [0.2, 0.25) is 0 Å². The van der Waals surface area contributed by atoms with E-state index in [9.17, 15) is 22.8 Å². The Hall–Kier alpha value is -3.73. The Bertz CT molecular complexity index is 1350.